The largest absolute Gasteiger partial charge is 0.496 e. The summed E-state index contributed by atoms with van der Waals surface area (Å²) in [6.07, 6.45) is 0.990. The molecule has 29 heavy (non-hydrogen) atoms. The van der Waals surface area contributed by atoms with Gasteiger partial charge in [-0.05, 0) is 30.3 Å². The average molecular weight is 393 g/mol. The number of benzene rings is 2. The molecule has 1 fully saturated rings. The van der Waals surface area contributed by atoms with Gasteiger partial charge in [0.25, 0.3) is 11.8 Å². The van der Waals surface area contributed by atoms with Crippen LogP contribution in [0.25, 0.3) is 11.0 Å². The molecule has 1 spiro atoms. The smallest absolute Gasteiger partial charge is 0.261 e. The number of aromatic amines is 1. The molecular formula is C20H19N5O4. The van der Waals surface area contributed by atoms with Crippen molar-refractivity contribution in [1.29, 1.82) is 0 Å². The van der Waals surface area contributed by atoms with Crippen LogP contribution < -0.4 is 14.8 Å². The Bertz CT molecular complexity index is 1120. The molecule has 3 aromatic rings. The van der Waals surface area contributed by atoms with Crippen LogP contribution in [-0.4, -0.2) is 58.0 Å². The first-order chi connectivity index (χ1) is 14.1. The van der Waals surface area contributed by atoms with E-state index in [2.05, 4.69) is 20.7 Å². The van der Waals surface area contributed by atoms with Crippen LogP contribution in [0.3, 0.4) is 0 Å². The maximum absolute atomic E-state index is 12.9. The van der Waals surface area contributed by atoms with Crippen LogP contribution in [0.2, 0.25) is 0 Å². The van der Waals surface area contributed by atoms with E-state index >= 15 is 0 Å². The summed E-state index contributed by atoms with van der Waals surface area (Å²) >= 11 is 0. The summed E-state index contributed by atoms with van der Waals surface area (Å²) in [5, 5.41) is 13.4. The van der Waals surface area contributed by atoms with E-state index in [1.807, 2.05) is 0 Å². The monoisotopic (exact) mass is 393 g/mol. The lowest BCUT2D eigenvalue weighted by Gasteiger charge is -2.44. The van der Waals surface area contributed by atoms with Gasteiger partial charge in [0, 0.05) is 31.5 Å². The van der Waals surface area contributed by atoms with E-state index in [1.54, 1.807) is 41.3 Å². The van der Waals surface area contributed by atoms with Gasteiger partial charge < -0.3 is 19.7 Å². The molecule has 0 unspecified atom stereocenters. The Balaban J connectivity index is 1.33. The zero-order valence-corrected chi connectivity index (χ0v) is 15.8. The third kappa shape index (κ3) is 2.86. The van der Waals surface area contributed by atoms with Gasteiger partial charge in [-0.1, -0.05) is 11.3 Å². The van der Waals surface area contributed by atoms with Crippen LogP contribution >= 0.6 is 0 Å². The van der Waals surface area contributed by atoms with Crippen molar-refractivity contribution in [1.82, 2.24) is 25.6 Å². The molecule has 5 rings (SSSR count). The number of aromatic nitrogens is 3. The number of hydrogen-bond donors (Lipinski definition) is 2. The molecule has 0 atom stereocenters. The number of hydrogen-bond acceptors (Lipinski definition) is 6. The Morgan fingerprint density at radius 3 is 2.86 bits per heavy atom. The number of fused-ring (bicyclic) bond motifs is 2. The van der Waals surface area contributed by atoms with E-state index in [0.717, 1.165) is 5.52 Å². The molecule has 0 bridgehead atoms. The number of likely N-dealkylation sites (tertiary alicyclic amines) is 1. The standard InChI is InChI=1S/C20H19N5O4/c1-28-15-3-2-4-16-17(15)18(26)21-20(29-16)7-9-25(10-8-20)19(27)12-5-6-13-14(11-12)23-24-22-13/h2-6,11H,7-10H2,1H3,(H,21,26)(H,22,23,24). The highest BCUT2D eigenvalue weighted by Crippen LogP contribution is 2.37. The first-order valence-corrected chi connectivity index (χ1v) is 9.37. The number of H-pyrrole nitrogens is 1. The number of rotatable bonds is 2. The summed E-state index contributed by atoms with van der Waals surface area (Å²) in [7, 11) is 1.52. The second-order valence-electron chi connectivity index (χ2n) is 7.22. The number of carbonyl (C=O) groups excluding carboxylic acids is 2. The molecule has 3 heterocycles. The van der Waals surface area contributed by atoms with Gasteiger partial charge >= 0.3 is 0 Å². The van der Waals surface area contributed by atoms with Crippen molar-refractivity contribution in [2.45, 2.75) is 18.6 Å². The van der Waals surface area contributed by atoms with Crippen LogP contribution in [0.15, 0.2) is 36.4 Å². The van der Waals surface area contributed by atoms with Gasteiger partial charge in [0.15, 0.2) is 5.72 Å². The van der Waals surface area contributed by atoms with Gasteiger partial charge in [0.2, 0.25) is 0 Å². The summed E-state index contributed by atoms with van der Waals surface area (Å²) in [4.78, 5) is 27.4. The zero-order valence-electron chi connectivity index (χ0n) is 15.8. The van der Waals surface area contributed by atoms with E-state index in [0.29, 0.717) is 54.1 Å². The molecule has 1 aromatic heterocycles. The van der Waals surface area contributed by atoms with Crippen LogP contribution in [0, 0.1) is 0 Å². The molecule has 9 heteroatoms. The highest BCUT2D eigenvalue weighted by molar-refractivity contribution is 6.01. The van der Waals surface area contributed by atoms with Crippen molar-refractivity contribution < 1.29 is 19.1 Å². The van der Waals surface area contributed by atoms with Gasteiger partial charge in [0.05, 0.1) is 12.6 Å². The van der Waals surface area contributed by atoms with E-state index in [-0.39, 0.29) is 11.8 Å². The molecule has 2 aliphatic rings. The molecule has 2 aliphatic heterocycles. The highest BCUT2D eigenvalue weighted by atomic mass is 16.5. The molecule has 1 saturated heterocycles. The van der Waals surface area contributed by atoms with Crippen LogP contribution in [0.4, 0.5) is 0 Å². The second-order valence-corrected chi connectivity index (χ2v) is 7.22. The fraction of sp³-hybridized carbons (Fsp3) is 0.300. The summed E-state index contributed by atoms with van der Waals surface area (Å²) in [6, 6.07) is 10.6. The quantitative estimate of drug-likeness (QED) is 0.686. The second kappa shape index (κ2) is 6.47. The Labute approximate surface area is 166 Å². The molecule has 0 radical (unpaired) electrons. The first-order valence-electron chi connectivity index (χ1n) is 9.37. The fourth-order valence-corrected chi connectivity index (χ4v) is 3.95. The molecule has 0 aliphatic carbocycles. The average Bonchev–Trinajstić information content (AvgIpc) is 3.21. The molecule has 2 aromatic carbocycles. The fourth-order valence-electron chi connectivity index (χ4n) is 3.95. The molecule has 148 valence electrons. The summed E-state index contributed by atoms with van der Waals surface area (Å²) < 4.78 is 11.5. The van der Waals surface area contributed by atoms with Crippen molar-refractivity contribution in [2.75, 3.05) is 20.2 Å². The third-order valence-corrected chi connectivity index (χ3v) is 5.51. The van der Waals surface area contributed by atoms with E-state index in [1.165, 1.54) is 7.11 Å². The van der Waals surface area contributed by atoms with Crippen molar-refractivity contribution in [3.05, 3.63) is 47.5 Å². The predicted octanol–water partition coefficient (Wildman–Crippen LogP) is 1.72. The van der Waals surface area contributed by atoms with Gasteiger partial charge in [0.1, 0.15) is 22.6 Å². The molecule has 0 saturated carbocycles. The van der Waals surface area contributed by atoms with Crippen molar-refractivity contribution in [3.63, 3.8) is 0 Å². The number of nitrogens with one attached hydrogen (secondary N) is 2. The SMILES string of the molecule is COc1cccc2c1C(=O)NC1(CCN(C(=O)c3ccc4nn[nH]c4c3)CC1)O2. The third-order valence-electron chi connectivity index (χ3n) is 5.51. The number of piperidine rings is 1. The van der Waals surface area contributed by atoms with Crippen LogP contribution in [-0.2, 0) is 0 Å². The van der Waals surface area contributed by atoms with Crippen LogP contribution in [0.5, 0.6) is 11.5 Å². The minimum atomic E-state index is -0.815. The molecule has 9 nitrogen and oxygen atoms in total. The normalized spacial score (nSPS) is 17.6. The lowest BCUT2D eigenvalue weighted by Crippen LogP contribution is -2.61. The van der Waals surface area contributed by atoms with Gasteiger partial charge in [-0.3, -0.25) is 14.7 Å². The van der Waals surface area contributed by atoms with Gasteiger partial charge in [-0.2, -0.15) is 0 Å². The van der Waals surface area contributed by atoms with Crippen LogP contribution in [0.1, 0.15) is 33.6 Å². The lowest BCUT2D eigenvalue weighted by molar-refractivity contribution is -0.0248. The number of carbonyl (C=O) groups is 2. The van der Waals surface area contributed by atoms with Crippen molar-refractivity contribution in [2.24, 2.45) is 0 Å². The van der Waals surface area contributed by atoms with E-state index in [4.69, 9.17) is 9.47 Å². The number of amides is 2. The first kappa shape index (κ1) is 17.5. The summed E-state index contributed by atoms with van der Waals surface area (Å²) in [5.74, 6) is 0.692. The number of ether oxygens (including phenoxy) is 2. The van der Waals surface area contributed by atoms with Crippen molar-refractivity contribution in [3.8, 4) is 11.5 Å². The zero-order chi connectivity index (χ0) is 20.0. The minimum Gasteiger partial charge on any atom is -0.496 e. The summed E-state index contributed by atoms with van der Waals surface area (Å²) in [5.41, 5.74) is 1.60. The van der Waals surface area contributed by atoms with Crippen molar-refractivity contribution >= 4 is 22.8 Å². The Morgan fingerprint density at radius 2 is 2.07 bits per heavy atom. The topological polar surface area (TPSA) is 109 Å². The molecule has 2 amide bonds. The summed E-state index contributed by atoms with van der Waals surface area (Å²) in [6.45, 7) is 0.940. The Morgan fingerprint density at radius 1 is 1.24 bits per heavy atom. The Kier molecular flexibility index (Phi) is 3.90. The lowest BCUT2D eigenvalue weighted by atomic mass is 9.96. The maximum atomic E-state index is 12.9. The Hall–Kier alpha value is -3.62. The van der Waals surface area contributed by atoms with Gasteiger partial charge in [-0.15, -0.1) is 5.10 Å². The van der Waals surface area contributed by atoms with E-state index < -0.39 is 5.72 Å². The molecular weight excluding hydrogens is 374 g/mol. The number of methoxy groups -OCH3 is 1. The minimum absolute atomic E-state index is 0.0689. The van der Waals surface area contributed by atoms with E-state index in [9.17, 15) is 9.59 Å². The predicted molar refractivity (Wildman–Crippen MR) is 103 cm³/mol. The number of nitrogens with zero attached hydrogens (tertiary/aromatic N) is 3. The van der Waals surface area contributed by atoms with Gasteiger partial charge in [-0.25, -0.2) is 0 Å². The maximum Gasteiger partial charge on any atom is 0.261 e. The highest BCUT2D eigenvalue weighted by Gasteiger charge is 2.44. The molecule has 2 N–H and O–H groups in total.